The van der Waals surface area contributed by atoms with Gasteiger partial charge in [-0.05, 0) is 12.1 Å². The second-order valence-corrected chi connectivity index (χ2v) is 8.40. The molecule has 1 aromatic carbocycles. The van der Waals surface area contributed by atoms with Crippen LogP contribution < -0.4 is 5.32 Å². The highest BCUT2D eigenvalue weighted by Gasteiger charge is 2.34. The van der Waals surface area contributed by atoms with E-state index < -0.39 is 10.0 Å². The SMILES string of the molecule is CN(C)S(=O)(=O)C[C@@H]1COC[C@H]1NC(=O)c1cccc2nccnc12. The minimum absolute atomic E-state index is 0.0692. The second-order valence-electron chi connectivity index (χ2n) is 6.17. The Morgan fingerprint density at radius 1 is 1.28 bits per heavy atom. The lowest BCUT2D eigenvalue weighted by Gasteiger charge is -2.21. The molecule has 0 bridgehead atoms. The fourth-order valence-electron chi connectivity index (χ4n) is 2.76. The summed E-state index contributed by atoms with van der Waals surface area (Å²) in [4.78, 5) is 21.1. The number of aromatic nitrogens is 2. The first kappa shape index (κ1) is 17.7. The Morgan fingerprint density at radius 3 is 2.80 bits per heavy atom. The molecular formula is C16H20N4O4S. The maximum Gasteiger partial charge on any atom is 0.253 e. The van der Waals surface area contributed by atoms with Crippen LogP contribution in [0.3, 0.4) is 0 Å². The molecule has 0 aliphatic carbocycles. The number of hydrogen-bond donors (Lipinski definition) is 1. The van der Waals surface area contributed by atoms with E-state index in [2.05, 4.69) is 15.3 Å². The number of ether oxygens (including phenoxy) is 1. The monoisotopic (exact) mass is 364 g/mol. The summed E-state index contributed by atoms with van der Waals surface area (Å²) in [6, 6.07) is 4.83. The normalized spacial score (nSPS) is 20.9. The third-order valence-electron chi connectivity index (χ3n) is 4.24. The van der Waals surface area contributed by atoms with Gasteiger partial charge in [-0.3, -0.25) is 14.8 Å². The van der Waals surface area contributed by atoms with Crippen molar-refractivity contribution in [1.82, 2.24) is 19.6 Å². The first-order chi connectivity index (χ1) is 11.9. The van der Waals surface area contributed by atoms with E-state index in [1.807, 2.05) is 0 Å². The van der Waals surface area contributed by atoms with E-state index in [1.165, 1.54) is 24.6 Å². The molecule has 9 heteroatoms. The summed E-state index contributed by atoms with van der Waals surface area (Å²) in [6.45, 7) is 0.586. The van der Waals surface area contributed by atoms with Gasteiger partial charge in [0.1, 0.15) is 5.52 Å². The van der Waals surface area contributed by atoms with Crippen molar-refractivity contribution in [3.63, 3.8) is 0 Å². The van der Waals surface area contributed by atoms with Gasteiger partial charge in [0.25, 0.3) is 5.91 Å². The van der Waals surface area contributed by atoms with E-state index in [-0.39, 0.29) is 30.2 Å². The highest BCUT2D eigenvalue weighted by atomic mass is 32.2. The number of carbonyl (C=O) groups is 1. The van der Waals surface area contributed by atoms with Crippen LogP contribution in [0.2, 0.25) is 0 Å². The number of para-hydroxylation sites is 1. The van der Waals surface area contributed by atoms with Crippen LogP contribution in [-0.2, 0) is 14.8 Å². The van der Waals surface area contributed by atoms with E-state index in [4.69, 9.17) is 4.74 Å². The number of nitrogens with one attached hydrogen (secondary N) is 1. The molecule has 1 aliphatic rings. The Balaban J connectivity index is 1.78. The van der Waals surface area contributed by atoms with E-state index in [0.29, 0.717) is 23.2 Å². The van der Waals surface area contributed by atoms with Crippen LogP contribution in [0.25, 0.3) is 11.0 Å². The standard InChI is InChI=1S/C16H20N4O4S/c1-20(2)25(22,23)10-11-8-24-9-14(11)19-16(21)12-4-3-5-13-15(12)18-7-6-17-13/h3-7,11,14H,8-10H2,1-2H3,(H,19,21)/t11-,14+/m0/s1. The van der Waals surface area contributed by atoms with E-state index in [0.717, 1.165) is 0 Å². The highest BCUT2D eigenvalue weighted by molar-refractivity contribution is 7.89. The Labute approximate surface area is 146 Å². The molecule has 1 saturated heterocycles. The number of sulfonamides is 1. The van der Waals surface area contributed by atoms with Crippen molar-refractivity contribution in [3.8, 4) is 0 Å². The molecule has 134 valence electrons. The molecule has 25 heavy (non-hydrogen) atoms. The molecule has 0 saturated carbocycles. The third-order valence-corrected chi connectivity index (χ3v) is 6.20. The molecule has 1 aromatic heterocycles. The predicted octanol–water partition coefficient (Wildman–Crippen LogP) is 0.266. The molecule has 2 atom stereocenters. The van der Waals surface area contributed by atoms with Gasteiger partial charge in [-0.15, -0.1) is 0 Å². The molecule has 2 heterocycles. The van der Waals surface area contributed by atoms with Crippen molar-refractivity contribution in [3.05, 3.63) is 36.2 Å². The second kappa shape index (κ2) is 7.03. The molecule has 0 spiro atoms. The maximum absolute atomic E-state index is 12.7. The van der Waals surface area contributed by atoms with Gasteiger partial charge in [-0.2, -0.15) is 0 Å². The average molecular weight is 364 g/mol. The average Bonchev–Trinajstić information content (AvgIpc) is 3.00. The number of fused-ring (bicyclic) bond motifs is 1. The lowest BCUT2D eigenvalue weighted by atomic mass is 10.1. The van der Waals surface area contributed by atoms with Crippen LogP contribution in [0.4, 0.5) is 0 Å². The van der Waals surface area contributed by atoms with E-state index >= 15 is 0 Å². The van der Waals surface area contributed by atoms with Crippen molar-refractivity contribution in [2.24, 2.45) is 5.92 Å². The number of nitrogens with zero attached hydrogens (tertiary/aromatic N) is 3. The zero-order valence-corrected chi connectivity index (χ0v) is 14.9. The molecule has 1 amide bonds. The number of rotatable bonds is 5. The zero-order chi connectivity index (χ0) is 18.0. The highest BCUT2D eigenvalue weighted by Crippen LogP contribution is 2.19. The summed E-state index contributed by atoms with van der Waals surface area (Å²) < 4.78 is 30.8. The number of hydrogen-bond acceptors (Lipinski definition) is 6. The first-order valence-electron chi connectivity index (χ1n) is 7.87. The summed E-state index contributed by atoms with van der Waals surface area (Å²) in [5.74, 6) is -0.674. The Morgan fingerprint density at radius 2 is 2.04 bits per heavy atom. The molecule has 1 fully saturated rings. The quantitative estimate of drug-likeness (QED) is 0.817. The van der Waals surface area contributed by atoms with Gasteiger partial charge in [0.05, 0.1) is 36.1 Å². The van der Waals surface area contributed by atoms with Gasteiger partial charge < -0.3 is 10.1 Å². The summed E-state index contributed by atoms with van der Waals surface area (Å²) >= 11 is 0. The molecule has 8 nitrogen and oxygen atoms in total. The fraction of sp³-hybridized carbons (Fsp3) is 0.438. The predicted molar refractivity (Wildman–Crippen MR) is 92.6 cm³/mol. The topological polar surface area (TPSA) is 101 Å². The van der Waals surface area contributed by atoms with E-state index in [1.54, 1.807) is 24.4 Å². The van der Waals surface area contributed by atoms with Crippen LogP contribution in [0.5, 0.6) is 0 Å². The Bertz CT molecular complexity index is 879. The molecular weight excluding hydrogens is 344 g/mol. The summed E-state index contributed by atoms with van der Waals surface area (Å²) in [5.41, 5.74) is 1.55. The summed E-state index contributed by atoms with van der Waals surface area (Å²) in [7, 11) is -0.383. The lowest BCUT2D eigenvalue weighted by Crippen LogP contribution is -2.43. The van der Waals surface area contributed by atoms with Crippen LogP contribution in [-0.4, -0.2) is 67.7 Å². The smallest absolute Gasteiger partial charge is 0.253 e. The van der Waals surface area contributed by atoms with Crippen molar-refractivity contribution >= 4 is 27.0 Å². The summed E-state index contributed by atoms with van der Waals surface area (Å²) in [5, 5.41) is 2.88. The number of carbonyl (C=O) groups excluding carboxylic acids is 1. The molecule has 1 aliphatic heterocycles. The third kappa shape index (κ3) is 3.78. The zero-order valence-electron chi connectivity index (χ0n) is 14.0. The van der Waals surface area contributed by atoms with Crippen molar-refractivity contribution in [1.29, 1.82) is 0 Å². The van der Waals surface area contributed by atoms with Crippen LogP contribution in [0.1, 0.15) is 10.4 Å². The van der Waals surface area contributed by atoms with Crippen molar-refractivity contribution in [2.75, 3.05) is 33.1 Å². The van der Waals surface area contributed by atoms with Gasteiger partial charge in [0.2, 0.25) is 10.0 Å². The molecule has 0 unspecified atom stereocenters. The molecule has 1 N–H and O–H groups in total. The minimum Gasteiger partial charge on any atom is -0.379 e. The summed E-state index contributed by atoms with van der Waals surface area (Å²) in [6.07, 6.45) is 3.10. The van der Waals surface area contributed by atoms with Crippen molar-refractivity contribution < 1.29 is 17.9 Å². The van der Waals surface area contributed by atoms with Gasteiger partial charge in [0.15, 0.2) is 0 Å². The number of amides is 1. The molecule has 3 rings (SSSR count). The van der Waals surface area contributed by atoms with E-state index in [9.17, 15) is 13.2 Å². The number of benzene rings is 1. The lowest BCUT2D eigenvalue weighted by molar-refractivity contribution is 0.0927. The van der Waals surface area contributed by atoms with Gasteiger partial charge >= 0.3 is 0 Å². The molecule has 0 radical (unpaired) electrons. The molecule has 2 aromatic rings. The van der Waals surface area contributed by atoms with Gasteiger partial charge in [0, 0.05) is 32.4 Å². The Hall–Kier alpha value is -2.10. The largest absolute Gasteiger partial charge is 0.379 e. The Kier molecular flexibility index (Phi) is 4.98. The van der Waals surface area contributed by atoms with Crippen LogP contribution in [0.15, 0.2) is 30.6 Å². The van der Waals surface area contributed by atoms with Crippen LogP contribution in [0, 0.1) is 5.92 Å². The first-order valence-corrected chi connectivity index (χ1v) is 9.48. The van der Waals surface area contributed by atoms with Crippen LogP contribution >= 0.6 is 0 Å². The van der Waals surface area contributed by atoms with Gasteiger partial charge in [-0.1, -0.05) is 6.07 Å². The van der Waals surface area contributed by atoms with Gasteiger partial charge in [-0.25, -0.2) is 12.7 Å². The maximum atomic E-state index is 12.7. The fourth-order valence-corrected chi connectivity index (χ4v) is 3.93. The van der Waals surface area contributed by atoms with Crippen molar-refractivity contribution in [2.45, 2.75) is 6.04 Å². The minimum atomic E-state index is -3.37.